The molecule has 0 fully saturated rings. The Morgan fingerprint density at radius 1 is 0.750 bits per heavy atom. The van der Waals surface area contributed by atoms with Crippen LogP contribution in [0.2, 0.25) is 0 Å². The minimum Gasteiger partial charge on any atom is -0.0885 e. The third kappa shape index (κ3) is 13.2. The first-order valence-electron chi connectivity index (χ1n) is 6.66. The molecule has 0 aliphatic rings. The lowest BCUT2D eigenvalue weighted by atomic mass is 10.1. The van der Waals surface area contributed by atoms with Crippen molar-refractivity contribution in [2.75, 3.05) is 0 Å². The van der Waals surface area contributed by atoms with Gasteiger partial charge in [-0.15, -0.1) is 0 Å². The largest absolute Gasteiger partial charge is 0.0885 e. The van der Waals surface area contributed by atoms with E-state index in [1.54, 1.807) is 0 Å². The normalized spacial score (nSPS) is 12.4. The summed E-state index contributed by atoms with van der Waals surface area (Å²) in [6.45, 7) is 6.01. The Kier molecular flexibility index (Phi) is 13.5. The Morgan fingerprint density at radius 2 is 1.38 bits per heavy atom. The summed E-state index contributed by atoms with van der Waals surface area (Å²) in [6.07, 6.45) is 23.0. The Labute approximate surface area is 102 Å². The molecule has 1 radical (unpaired) electrons. The van der Waals surface area contributed by atoms with Crippen LogP contribution in [-0.4, -0.2) is 0 Å². The Balaban J connectivity index is 3.23. The van der Waals surface area contributed by atoms with Gasteiger partial charge in [0, 0.05) is 0 Å². The van der Waals surface area contributed by atoms with Gasteiger partial charge in [-0.05, 0) is 32.1 Å². The van der Waals surface area contributed by atoms with Crippen LogP contribution in [0.4, 0.5) is 0 Å². The fourth-order valence-electron chi connectivity index (χ4n) is 1.44. The zero-order valence-electron chi connectivity index (χ0n) is 10.8. The van der Waals surface area contributed by atoms with Crippen LogP contribution in [-0.2, 0) is 0 Å². The van der Waals surface area contributed by atoms with E-state index in [9.17, 15) is 0 Å². The van der Waals surface area contributed by atoms with Crippen LogP contribution in [0.15, 0.2) is 36.5 Å². The highest BCUT2D eigenvalue weighted by molar-refractivity contribution is 4.96. The molecule has 0 aliphatic carbocycles. The highest BCUT2D eigenvalue weighted by atomic mass is 13.9. The molecule has 0 N–H and O–H groups in total. The average molecular weight is 219 g/mol. The van der Waals surface area contributed by atoms with Crippen LogP contribution in [0.1, 0.15) is 58.3 Å². The molecule has 0 amide bonds. The Bertz CT molecular complexity index is 196. The number of hydrogen-bond acceptors (Lipinski definition) is 0. The van der Waals surface area contributed by atoms with Gasteiger partial charge in [-0.3, -0.25) is 0 Å². The lowest BCUT2D eigenvalue weighted by molar-refractivity contribution is 0.694. The second-order valence-electron chi connectivity index (χ2n) is 4.00. The van der Waals surface area contributed by atoms with Crippen LogP contribution < -0.4 is 0 Å². The van der Waals surface area contributed by atoms with Gasteiger partial charge in [-0.1, -0.05) is 69.6 Å². The Morgan fingerprint density at radius 3 is 2.00 bits per heavy atom. The predicted molar refractivity (Wildman–Crippen MR) is 75.4 cm³/mol. The third-order valence-electron chi connectivity index (χ3n) is 2.40. The SMILES string of the molecule is [CH2]CCCCCC=CCC=CCC=CCC. The summed E-state index contributed by atoms with van der Waals surface area (Å²) in [7, 11) is 0. The number of rotatable bonds is 10. The molecule has 0 rings (SSSR count). The first-order valence-corrected chi connectivity index (χ1v) is 6.66. The maximum Gasteiger partial charge on any atom is -0.0169 e. The molecule has 16 heavy (non-hydrogen) atoms. The summed E-state index contributed by atoms with van der Waals surface area (Å²) >= 11 is 0. The van der Waals surface area contributed by atoms with Crippen molar-refractivity contribution in [2.45, 2.75) is 58.3 Å². The van der Waals surface area contributed by atoms with Crippen molar-refractivity contribution in [3.63, 3.8) is 0 Å². The minimum absolute atomic E-state index is 1.07. The third-order valence-corrected chi connectivity index (χ3v) is 2.40. The summed E-state index contributed by atoms with van der Waals surface area (Å²) in [5.74, 6) is 0. The molecular weight excluding hydrogens is 192 g/mol. The number of allylic oxidation sites excluding steroid dienone is 6. The second-order valence-corrected chi connectivity index (χ2v) is 4.00. The van der Waals surface area contributed by atoms with Gasteiger partial charge in [-0.25, -0.2) is 0 Å². The molecule has 0 aliphatic heterocycles. The van der Waals surface area contributed by atoms with Crippen molar-refractivity contribution in [1.29, 1.82) is 0 Å². The molecule has 0 bridgehead atoms. The van der Waals surface area contributed by atoms with E-state index in [1.165, 1.54) is 25.7 Å². The summed E-state index contributed by atoms with van der Waals surface area (Å²) in [4.78, 5) is 0. The fourth-order valence-corrected chi connectivity index (χ4v) is 1.44. The minimum atomic E-state index is 1.07. The highest BCUT2D eigenvalue weighted by Crippen LogP contribution is 2.03. The van der Waals surface area contributed by atoms with E-state index in [2.05, 4.69) is 50.3 Å². The summed E-state index contributed by atoms with van der Waals surface area (Å²) in [5.41, 5.74) is 0. The maximum atomic E-state index is 3.84. The second kappa shape index (κ2) is 14.2. The van der Waals surface area contributed by atoms with Crippen molar-refractivity contribution in [2.24, 2.45) is 0 Å². The van der Waals surface area contributed by atoms with Crippen LogP contribution in [0, 0.1) is 6.92 Å². The van der Waals surface area contributed by atoms with Gasteiger partial charge in [0.15, 0.2) is 0 Å². The van der Waals surface area contributed by atoms with E-state index in [0.29, 0.717) is 0 Å². The zero-order valence-corrected chi connectivity index (χ0v) is 10.8. The lowest BCUT2D eigenvalue weighted by Gasteiger charge is -1.93. The van der Waals surface area contributed by atoms with Gasteiger partial charge >= 0.3 is 0 Å². The average Bonchev–Trinajstić information content (AvgIpc) is 2.31. The van der Waals surface area contributed by atoms with Gasteiger partial charge in [0.1, 0.15) is 0 Å². The molecule has 0 aromatic rings. The molecule has 0 heteroatoms. The molecule has 91 valence electrons. The first kappa shape index (κ1) is 15.2. The van der Waals surface area contributed by atoms with E-state index in [1.807, 2.05) is 0 Å². The molecule has 0 atom stereocenters. The topological polar surface area (TPSA) is 0 Å². The van der Waals surface area contributed by atoms with Crippen LogP contribution >= 0.6 is 0 Å². The molecule has 0 unspecified atom stereocenters. The van der Waals surface area contributed by atoms with E-state index in [0.717, 1.165) is 25.7 Å². The monoisotopic (exact) mass is 219 g/mol. The van der Waals surface area contributed by atoms with Gasteiger partial charge in [-0.2, -0.15) is 0 Å². The molecule has 0 heterocycles. The molecule has 0 aromatic heterocycles. The van der Waals surface area contributed by atoms with Gasteiger partial charge < -0.3 is 0 Å². The fraction of sp³-hybridized carbons (Fsp3) is 0.562. The summed E-state index contributed by atoms with van der Waals surface area (Å²) < 4.78 is 0. The maximum absolute atomic E-state index is 3.84. The Hall–Kier alpha value is -0.780. The van der Waals surface area contributed by atoms with Crippen LogP contribution in [0.3, 0.4) is 0 Å². The summed E-state index contributed by atoms with van der Waals surface area (Å²) in [6, 6.07) is 0. The highest BCUT2D eigenvalue weighted by Gasteiger charge is 1.83. The van der Waals surface area contributed by atoms with E-state index in [4.69, 9.17) is 0 Å². The summed E-state index contributed by atoms with van der Waals surface area (Å²) in [5, 5.41) is 0. The van der Waals surface area contributed by atoms with Crippen molar-refractivity contribution in [1.82, 2.24) is 0 Å². The molecule has 0 aromatic carbocycles. The molecule has 0 spiro atoms. The molecule has 0 saturated carbocycles. The molecule has 0 nitrogen and oxygen atoms in total. The standard InChI is InChI=1S/C16H27/c1-3-5-7-9-11-13-15-16-14-12-10-8-6-4-2/h6,8,12-15H,1,3-5,7,9-11,16H2,2H3. The van der Waals surface area contributed by atoms with Crippen molar-refractivity contribution in [3.8, 4) is 0 Å². The predicted octanol–water partition coefficient (Wildman–Crippen LogP) is 5.63. The van der Waals surface area contributed by atoms with Crippen LogP contribution in [0.5, 0.6) is 0 Å². The van der Waals surface area contributed by atoms with Gasteiger partial charge in [0.2, 0.25) is 0 Å². The van der Waals surface area contributed by atoms with Gasteiger partial charge in [0.25, 0.3) is 0 Å². The van der Waals surface area contributed by atoms with Crippen LogP contribution in [0.25, 0.3) is 0 Å². The van der Waals surface area contributed by atoms with E-state index >= 15 is 0 Å². The quantitative estimate of drug-likeness (QED) is 0.330. The number of unbranched alkanes of at least 4 members (excludes halogenated alkanes) is 4. The van der Waals surface area contributed by atoms with Crippen molar-refractivity contribution in [3.05, 3.63) is 43.4 Å². The lowest BCUT2D eigenvalue weighted by Crippen LogP contribution is -1.73. The molecule has 0 saturated heterocycles. The first-order chi connectivity index (χ1) is 7.91. The smallest absolute Gasteiger partial charge is 0.0169 e. The van der Waals surface area contributed by atoms with E-state index in [-0.39, 0.29) is 0 Å². The molecular formula is C16H27. The zero-order chi connectivity index (χ0) is 11.9. The van der Waals surface area contributed by atoms with Gasteiger partial charge in [0.05, 0.1) is 0 Å². The van der Waals surface area contributed by atoms with Crippen molar-refractivity contribution < 1.29 is 0 Å². The number of hydrogen-bond donors (Lipinski definition) is 0. The van der Waals surface area contributed by atoms with Crippen molar-refractivity contribution >= 4 is 0 Å². The van der Waals surface area contributed by atoms with E-state index < -0.39 is 0 Å².